The van der Waals surface area contributed by atoms with Gasteiger partial charge in [0.1, 0.15) is 5.82 Å². The fraction of sp³-hybridized carbons (Fsp3) is 0.409. The third-order valence-electron chi connectivity index (χ3n) is 5.59. The molecule has 2 aromatic carbocycles. The number of para-hydroxylation sites is 2. The normalized spacial score (nSPS) is 17.1. The number of rotatable bonds is 4. The number of nitrogens with zero attached hydrogens (tertiary/aromatic N) is 3. The summed E-state index contributed by atoms with van der Waals surface area (Å²) in [5.41, 5.74) is 3.26. The molecule has 5 heteroatoms. The van der Waals surface area contributed by atoms with Gasteiger partial charge in [-0.1, -0.05) is 54.2 Å². The Kier molecular flexibility index (Phi) is 5.72. The van der Waals surface area contributed by atoms with Crippen LogP contribution >= 0.6 is 23.2 Å². The van der Waals surface area contributed by atoms with Gasteiger partial charge < -0.3 is 4.57 Å². The highest BCUT2D eigenvalue weighted by molar-refractivity contribution is 6.35. The first kappa shape index (κ1) is 18.8. The summed E-state index contributed by atoms with van der Waals surface area (Å²) in [5, 5.41) is 1.37. The van der Waals surface area contributed by atoms with Crippen LogP contribution < -0.4 is 0 Å². The number of likely N-dealkylation sites (tertiary alicyclic amines) is 1. The zero-order valence-electron chi connectivity index (χ0n) is 15.7. The number of benzene rings is 2. The molecule has 2 heterocycles. The molecule has 1 aromatic heterocycles. The quantitative estimate of drug-likeness (QED) is 0.509. The third-order valence-corrected chi connectivity index (χ3v) is 6.18. The molecule has 27 heavy (non-hydrogen) atoms. The van der Waals surface area contributed by atoms with Crippen molar-refractivity contribution in [1.82, 2.24) is 14.5 Å². The Morgan fingerprint density at radius 2 is 1.74 bits per heavy atom. The molecule has 3 aromatic rings. The molecule has 1 atom stereocenters. The highest BCUT2D eigenvalue weighted by Gasteiger charge is 2.23. The van der Waals surface area contributed by atoms with Crippen LogP contribution in [0.3, 0.4) is 0 Å². The van der Waals surface area contributed by atoms with Gasteiger partial charge in [-0.05, 0) is 62.7 Å². The zero-order chi connectivity index (χ0) is 18.8. The van der Waals surface area contributed by atoms with Gasteiger partial charge in [-0.25, -0.2) is 4.98 Å². The average molecular weight is 402 g/mol. The van der Waals surface area contributed by atoms with Crippen molar-refractivity contribution in [2.45, 2.75) is 45.2 Å². The number of fused-ring (bicyclic) bond motifs is 1. The molecule has 1 aliphatic rings. The third kappa shape index (κ3) is 4.01. The molecule has 1 fully saturated rings. The maximum absolute atomic E-state index is 6.47. The maximum Gasteiger partial charge on any atom is 0.127 e. The van der Waals surface area contributed by atoms with E-state index in [2.05, 4.69) is 40.7 Å². The van der Waals surface area contributed by atoms with Crippen molar-refractivity contribution in [1.29, 1.82) is 0 Å². The van der Waals surface area contributed by atoms with Gasteiger partial charge in [0.2, 0.25) is 0 Å². The molecule has 0 saturated carbocycles. The van der Waals surface area contributed by atoms with Gasteiger partial charge in [-0.15, -0.1) is 0 Å². The first-order valence-electron chi connectivity index (χ1n) is 9.76. The lowest BCUT2D eigenvalue weighted by Gasteiger charge is -2.27. The summed E-state index contributed by atoms with van der Waals surface area (Å²) < 4.78 is 2.32. The molecule has 0 amide bonds. The predicted molar refractivity (Wildman–Crippen MR) is 114 cm³/mol. The molecule has 0 N–H and O–H groups in total. The Morgan fingerprint density at radius 1 is 1.00 bits per heavy atom. The maximum atomic E-state index is 6.47. The zero-order valence-corrected chi connectivity index (χ0v) is 17.2. The number of hydrogen-bond acceptors (Lipinski definition) is 2. The molecule has 4 rings (SSSR count). The second-order valence-corrected chi connectivity index (χ2v) is 8.25. The van der Waals surface area contributed by atoms with Crippen molar-refractivity contribution in [3.05, 3.63) is 63.9 Å². The van der Waals surface area contributed by atoms with Crippen LogP contribution in [-0.4, -0.2) is 27.5 Å². The lowest BCUT2D eigenvalue weighted by molar-refractivity contribution is 0.208. The Morgan fingerprint density at radius 3 is 2.48 bits per heavy atom. The molecule has 1 saturated heterocycles. The summed E-state index contributed by atoms with van der Waals surface area (Å²) in [6.45, 7) is 5.27. The molecular weight excluding hydrogens is 377 g/mol. The summed E-state index contributed by atoms with van der Waals surface area (Å²) in [6.07, 6.45) is 5.21. The SMILES string of the molecule is CC(c1nc2ccccc2n1Cc1ccc(Cl)cc1Cl)N1CCCCCC1. The van der Waals surface area contributed by atoms with Crippen LogP contribution in [0.25, 0.3) is 11.0 Å². The molecule has 1 aliphatic heterocycles. The van der Waals surface area contributed by atoms with E-state index in [1.54, 1.807) is 0 Å². The van der Waals surface area contributed by atoms with Crippen LogP contribution in [0, 0.1) is 0 Å². The van der Waals surface area contributed by atoms with Gasteiger partial charge in [-0.3, -0.25) is 4.90 Å². The lowest BCUT2D eigenvalue weighted by Crippen LogP contribution is -2.30. The fourth-order valence-corrected chi connectivity index (χ4v) is 4.51. The number of hydrogen-bond donors (Lipinski definition) is 0. The van der Waals surface area contributed by atoms with Gasteiger partial charge in [0.25, 0.3) is 0 Å². The largest absolute Gasteiger partial charge is 0.322 e. The van der Waals surface area contributed by atoms with Crippen molar-refractivity contribution in [3.63, 3.8) is 0 Å². The minimum absolute atomic E-state index is 0.279. The topological polar surface area (TPSA) is 21.1 Å². The van der Waals surface area contributed by atoms with E-state index in [4.69, 9.17) is 28.2 Å². The van der Waals surface area contributed by atoms with Crippen LogP contribution in [0.4, 0.5) is 0 Å². The second-order valence-electron chi connectivity index (χ2n) is 7.41. The monoisotopic (exact) mass is 401 g/mol. The summed E-state index contributed by atoms with van der Waals surface area (Å²) in [5.74, 6) is 1.11. The molecule has 0 aliphatic carbocycles. The summed E-state index contributed by atoms with van der Waals surface area (Å²) in [4.78, 5) is 7.59. The molecule has 3 nitrogen and oxygen atoms in total. The minimum atomic E-state index is 0.279. The number of aromatic nitrogens is 2. The first-order chi connectivity index (χ1) is 13.1. The van der Waals surface area contributed by atoms with Gasteiger partial charge in [0.05, 0.1) is 23.6 Å². The van der Waals surface area contributed by atoms with E-state index in [-0.39, 0.29) is 6.04 Å². The average Bonchev–Trinajstić information content (AvgIpc) is 2.83. The smallest absolute Gasteiger partial charge is 0.127 e. The van der Waals surface area contributed by atoms with Crippen LogP contribution in [0.5, 0.6) is 0 Å². The van der Waals surface area contributed by atoms with Crippen LogP contribution in [0.1, 0.15) is 50.0 Å². The van der Waals surface area contributed by atoms with Crippen LogP contribution in [0.15, 0.2) is 42.5 Å². The van der Waals surface area contributed by atoms with E-state index in [1.165, 1.54) is 25.7 Å². The highest BCUT2D eigenvalue weighted by atomic mass is 35.5. The highest BCUT2D eigenvalue weighted by Crippen LogP contribution is 2.29. The van der Waals surface area contributed by atoms with E-state index >= 15 is 0 Å². The van der Waals surface area contributed by atoms with E-state index in [9.17, 15) is 0 Å². The Hall–Kier alpha value is -1.55. The van der Waals surface area contributed by atoms with Crippen molar-refractivity contribution in [2.75, 3.05) is 13.1 Å². The lowest BCUT2D eigenvalue weighted by atomic mass is 10.2. The van der Waals surface area contributed by atoms with Gasteiger partial charge >= 0.3 is 0 Å². The molecular formula is C22H25Cl2N3. The standard InChI is InChI=1S/C22H25Cl2N3/c1-16(26-12-6-2-3-7-13-26)22-25-20-8-4-5-9-21(20)27(22)15-17-10-11-18(23)14-19(17)24/h4-5,8-11,14,16H,2-3,6-7,12-13,15H2,1H3. The van der Waals surface area contributed by atoms with Crippen molar-refractivity contribution in [3.8, 4) is 0 Å². The Bertz CT molecular complexity index is 926. The Labute approximate surface area is 170 Å². The minimum Gasteiger partial charge on any atom is -0.322 e. The molecule has 0 spiro atoms. The van der Waals surface area contributed by atoms with E-state index in [1.807, 2.05) is 18.2 Å². The second kappa shape index (κ2) is 8.22. The first-order valence-corrected chi connectivity index (χ1v) is 10.5. The van der Waals surface area contributed by atoms with Crippen molar-refractivity contribution < 1.29 is 0 Å². The molecule has 0 radical (unpaired) electrons. The van der Waals surface area contributed by atoms with Gasteiger partial charge in [0.15, 0.2) is 0 Å². The van der Waals surface area contributed by atoms with Gasteiger partial charge in [-0.2, -0.15) is 0 Å². The predicted octanol–water partition coefficient (Wildman–Crippen LogP) is 6.33. The number of halogens is 2. The van der Waals surface area contributed by atoms with Crippen molar-refractivity contribution >= 4 is 34.2 Å². The Balaban J connectivity index is 1.74. The van der Waals surface area contributed by atoms with Crippen LogP contribution in [0.2, 0.25) is 10.0 Å². The molecule has 142 valence electrons. The molecule has 0 bridgehead atoms. The van der Waals surface area contributed by atoms with Gasteiger partial charge in [0, 0.05) is 10.0 Å². The van der Waals surface area contributed by atoms with E-state index in [0.717, 1.165) is 35.5 Å². The summed E-state index contributed by atoms with van der Waals surface area (Å²) >= 11 is 12.6. The molecule has 1 unspecified atom stereocenters. The van der Waals surface area contributed by atoms with Crippen molar-refractivity contribution in [2.24, 2.45) is 0 Å². The number of imidazole rings is 1. The summed E-state index contributed by atoms with van der Waals surface area (Å²) in [6, 6.07) is 14.4. The van der Waals surface area contributed by atoms with E-state index in [0.29, 0.717) is 16.6 Å². The van der Waals surface area contributed by atoms with Crippen LogP contribution in [-0.2, 0) is 6.54 Å². The summed E-state index contributed by atoms with van der Waals surface area (Å²) in [7, 11) is 0. The fourth-order valence-electron chi connectivity index (χ4n) is 4.05. The van der Waals surface area contributed by atoms with E-state index < -0.39 is 0 Å².